The summed E-state index contributed by atoms with van der Waals surface area (Å²) in [5.41, 5.74) is 0.593. The first kappa shape index (κ1) is 7.14. The van der Waals surface area contributed by atoms with Crippen LogP contribution in [-0.4, -0.2) is 11.0 Å². The molecule has 0 rings (SSSR count). The van der Waals surface area contributed by atoms with Gasteiger partial charge in [-0.2, -0.15) is 0 Å². The van der Waals surface area contributed by atoms with Crippen molar-refractivity contribution in [1.29, 1.82) is 0 Å². The molecule has 0 heterocycles. The summed E-state index contributed by atoms with van der Waals surface area (Å²) in [4.78, 5) is 9.53. The van der Waals surface area contributed by atoms with E-state index in [0.717, 1.165) is 0 Å². The zero-order valence-corrected chi connectivity index (χ0v) is 5.05. The smallest absolute Gasteiger partial charge is 0.230 e. The van der Waals surface area contributed by atoms with Crippen LogP contribution >= 0.6 is 0 Å². The second-order valence-electron chi connectivity index (χ2n) is 1.81. The highest BCUT2D eigenvalue weighted by molar-refractivity contribution is 4.94. The normalized spacial score (nSPS) is 12.8. The fourth-order valence-electron chi connectivity index (χ4n) is 0.180. The van der Waals surface area contributed by atoms with E-state index in [1.165, 1.54) is 6.92 Å². The minimum atomic E-state index is -0.602. The third-order valence-corrected chi connectivity index (χ3v) is 1.03. The molecule has 46 valence electrons. The SMILES string of the molecule is C=C(C)[C@H](C)[N+](=O)[O-]. The third-order valence-electron chi connectivity index (χ3n) is 1.03. The van der Waals surface area contributed by atoms with Gasteiger partial charge in [0.25, 0.3) is 0 Å². The molecule has 0 radical (unpaired) electrons. The van der Waals surface area contributed by atoms with Gasteiger partial charge in [-0.3, -0.25) is 10.1 Å². The fourth-order valence-corrected chi connectivity index (χ4v) is 0.180. The van der Waals surface area contributed by atoms with Gasteiger partial charge < -0.3 is 0 Å². The molecule has 0 aromatic carbocycles. The molecule has 0 saturated carbocycles. The highest BCUT2D eigenvalue weighted by Crippen LogP contribution is 1.98. The summed E-state index contributed by atoms with van der Waals surface area (Å²) in [6, 6.07) is -0.602. The van der Waals surface area contributed by atoms with Gasteiger partial charge in [0.2, 0.25) is 6.04 Å². The van der Waals surface area contributed by atoms with Gasteiger partial charge >= 0.3 is 0 Å². The maximum atomic E-state index is 9.89. The lowest BCUT2D eigenvalue weighted by Crippen LogP contribution is -2.14. The molecular weight excluding hydrogens is 106 g/mol. The van der Waals surface area contributed by atoms with E-state index in [2.05, 4.69) is 6.58 Å². The van der Waals surface area contributed by atoms with E-state index in [1.807, 2.05) is 0 Å². The molecule has 0 fully saturated rings. The lowest BCUT2D eigenvalue weighted by Gasteiger charge is -1.98. The molecule has 0 aliphatic heterocycles. The van der Waals surface area contributed by atoms with E-state index >= 15 is 0 Å². The first-order valence-corrected chi connectivity index (χ1v) is 2.34. The van der Waals surface area contributed by atoms with Crippen LogP contribution in [0.4, 0.5) is 0 Å². The summed E-state index contributed by atoms with van der Waals surface area (Å²) in [6.45, 7) is 6.60. The molecule has 0 unspecified atom stereocenters. The van der Waals surface area contributed by atoms with Crippen molar-refractivity contribution < 1.29 is 4.92 Å². The standard InChI is InChI=1S/C5H9NO2/c1-4(2)5(3)6(7)8/h5H,1H2,2-3H3/t5-/m0/s1. The van der Waals surface area contributed by atoms with Crippen LogP contribution in [0.15, 0.2) is 12.2 Å². The molecule has 8 heavy (non-hydrogen) atoms. The molecule has 0 aliphatic rings. The minimum Gasteiger partial charge on any atom is -0.264 e. The third kappa shape index (κ3) is 1.73. The Balaban J connectivity index is 3.83. The summed E-state index contributed by atoms with van der Waals surface area (Å²) >= 11 is 0. The number of nitro groups is 1. The molecule has 1 atom stereocenters. The first-order valence-electron chi connectivity index (χ1n) is 2.34. The summed E-state index contributed by atoms with van der Waals surface area (Å²) in [5, 5.41) is 9.89. The predicted molar refractivity (Wildman–Crippen MR) is 31.3 cm³/mol. The number of hydrogen-bond acceptors (Lipinski definition) is 2. The Bertz CT molecular complexity index is 106. The molecule has 0 saturated heterocycles. The van der Waals surface area contributed by atoms with Crippen LogP contribution in [0.3, 0.4) is 0 Å². The Morgan fingerprint density at radius 1 is 1.88 bits per heavy atom. The maximum Gasteiger partial charge on any atom is 0.230 e. The van der Waals surface area contributed by atoms with Crippen LogP contribution in [0.25, 0.3) is 0 Å². The highest BCUT2D eigenvalue weighted by Gasteiger charge is 2.11. The van der Waals surface area contributed by atoms with Crippen LogP contribution in [0.2, 0.25) is 0 Å². The molecule has 0 aromatic heterocycles. The van der Waals surface area contributed by atoms with Crippen molar-refractivity contribution in [3.8, 4) is 0 Å². The van der Waals surface area contributed by atoms with Crippen LogP contribution < -0.4 is 0 Å². The topological polar surface area (TPSA) is 43.1 Å². The summed E-state index contributed by atoms with van der Waals surface area (Å²) in [5.74, 6) is 0. The van der Waals surface area contributed by atoms with E-state index in [9.17, 15) is 10.1 Å². The summed E-state index contributed by atoms with van der Waals surface area (Å²) in [7, 11) is 0. The van der Waals surface area contributed by atoms with Crippen LogP contribution in [-0.2, 0) is 0 Å². The predicted octanol–water partition coefficient (Wildman–Crippen LogP) is 1.23. The van der Waals surface area contributed by atoms with Gasteiger partial charge in [-0.1, -0.05) is 6.58 Å². The van der Waals surface area contributed by atoms with Gasteiger partial charge in [-0.05, 0) is 12.5 Å². The monoisotopic (exact) mass is 115 g/mol. The number of nitrogens with zero attached hydrogens (tertiary/aromatic N) is 1. The molecular formula is C5H9NO2. The molecule has 0 aliphatic carbocycles. The number of rotatable bonds is 2. The van der Waals surface area contributed by atoms with Gasteiger partial charge in [-0.15, -0.1) is 0 Å². The van der Waals surface area contributed by atoms with Crippen molar-refractivity contribution in [3.05, 3.63) is 22.3 Å². The van der Waals surface area contributed by atoms with E-state index in [1.54, 1.807) is 6.92 Å². The Morgan fingerprint density at radius 2 is 2.25 bits per heavy atom. The molecule has 0 bridgehead atoms. The Labute approximate surface area is 48.2 Å². The van der Waals surface area contributed by atoms with Gasteiger partial charge in [0.15, 0.2) is 0 Å². The molecule has 0 N–H and O–H groups in total. The van der Waals surface area contributed by atoms with E-state index in [-0.39, 0.29) is 4.92 Å². The van der Waals surface area contributed by atoms with Crippen molar-refractivity contribution in [2.45, 2.75) is 19.9 Å². The molecule has 0 aromatic rings. The van der Waals surface area contributed by atoms with Crippen LogP contribution in [0, 0.1) is 10.1 Å². The minimum absolute atomic E-state index is 0.359. The van der Waals surface area contributed by atoms with Crippen molar-refractivity contribution in [3.63, 3.8) is 0 Å². The summed E-state index contributed by atoms with van der Waals surface area (Å²) in [6.07, 6.45) is 0. The van der Waals surface area contributed by atoms with Crippen LogP contribution in [0.1, 0.15) is 13.8 Å². The average molecular weight is 115 g/mol. The average Bonchev–Trinajstić information content (AvgIpc) is 1.64. The first-order chi connectivity index (χ1) is 3.55. The Hall–Kier alpha value is -0.860. The lowest BCUT2D eigenvalue weighted by atomic mass is 10.2. The molecule has 3 heteroatoms. The largest absolute Gasteiger partial charge is 0.264 e. The zero-order valence-electron chi connectivity index (χ0n) is 5.05. The maximum absolute atomic E-state index is 9.89. The van der Waals surface area contributed by atoms with Gasteiger partial charge in [-0.25, -0.2) is 0 Å². The van der Waals surface area contributed by atoms with Gasteiger partial charge in [0.1, 0.15) is 0 Å². The number of hydrogen-bond donors (Lipinski definition) is 0. The van der Waals surface area contributed by atoms with Gasteiger partial charge in [0.05, 0.1) is 0 Å². The Morgan fingerprint density at radius 3 is 2.25 bits per heavy atom. The molecule has 0 spiro atoms. The van der Waals surface area contributed by atoms with Crippen LogP contribution in [0.5, 0.6) is 0 Å². The van der Waals surface area contributed by atoms with E-state index in [4.69, 9.17) is 0 Å². The quantitative estimate of drug-likeness (QED) is 0.308. The van der Waals surface area contributed by atoms with Crippen molar-refractivity contribution in [1.82, 2.24) is 0 Å². The zero-order chi connectivity index (χ0) is 6.73. The second kappa shape index (κ2) is 2.45. The fraction of sp³-hybridized carbons (Fsp3) is 0.600. The molecule has 3 nitrogen and oxygen atoms in total. The lowest BCUT2D eigenvalue weighted by molar-refractivity contribution is -0.507. The van der Waals surface area contributed by atoms with Gasteiger partial charge in [0, 0.05) is 11.8 Å². The second-order valence-corrected chi connectivity index (χ2v) is 1.81. The van der Waals surface area contributed by atoms with Crippen molar-refractivity contribution in [2.75, 3.05) is 0 Å². The molecule has 0 amide bonds. The summed E-state index contributed by atoms with van der Waals surface area (Å²) < 4.78 is 0. The Kier molecular flexibility index (Phi) is 2.19. The van der Waals surface area contributed by atoms with Crippen molar-refractivity contribution in [2.24, 2.45) is 0 Å². The van der Waals surface area contributed by atoms with Crippen molar-refractivity contribution >= 4 is 0 Å². The highest BCUT2D eigenvalue weighted by atomic mass is 16.6. The van der Waals surface area contributed by atoms with E-state index in [0.29, 0.717) is 5.57 Å². The van der Waals surface area contributed by atoms with E-state index < -0.39 is 6.04 Å².